The molecule has 188 valence electrons. The van der Waals surface area contributed by atoms with Gasteiger partial charge in [0.25, 0.3) is 5.56 Å². The topological polar surface area (TPSA) is 76.8 Å². The first-order valence-corrected chi connectivity index (χ1v) is 11.8. The molecule has 2 N–H and O–H groups in total. The number of nitrogens with zero attached hydrogens (tertiary/aromatic N) is 4. The van der Waals surface area contributed by atoms with E-state index in [-0.39, 0.29) is 22.4 Å². The van der Waals surface area contributed by atoms with E-state index in [4.69, 9.17) is 0 Å². The third-order valence-electron chi connectivity index (χ3n) is 6.31. The van der Waals surface area contributed by atoms with Crippen LogP contribution in [0.2, 0.25) is 0 Å². The summed E-state index contributed by atoms with van der Waals surface area (Å²) in [7, 11) is 0. The molecule has 3 heterocycles. The van der Waals surface area contributed by atoms with Gasteiger partial charge in [-0.05, 0) is 59.3 Å². The Morgan fingerprint density at radius 1 is 1.08 bits per heavy atom. The number of rotatable bonds is 4. The Bertz CT molecular complexity index is 1500. The van der Waals surface area contributed by atoms with Crippen LogP contribution in [0.3, 0.4) is 0 Å². The maximum Gasteiger partial charge on any atom is 0.408 e. The van der Waals surface area contributed by atoms with Gasteiger partial charge in [-0.3, -0.25) is 4.79 Å². The summed E-state index contributed by atoms with van der Waals surface area (Å²) in [5.74, 6) is 0.196. The van der Waals surface area contributed by atoms with E-state index in [0.29, 0.717) is 10.4 Å². The molecule has 0 fully saturated rings. The molecule has 0 spiro atoms. The van der Waals surface area contributed by atoms with Crippen LogP contribution < -0.4 is 16.2 Å². The highest BCUT2D eigenvalue weighted by Gasteiger charge is 2.32. The molecule has 0 radical (unpaired) electrons. The van der Waals surface area contributed by atoms with Gasteiger partial charge in [-0.15, -0.1) is 0 Å². The van der Waals surface area contributed by atoms with Crippen molar-refractivity contribution in [3.63, 3.8) is 0 Å². The average Bonchev–Trinajstić information content (AvgIpc) is 3.08. The van der Waals surface area contributed by atoms with E-state index in [1.54, 1.807) is 18.2 Å². The van der Waals surface area contributed by atoms with E-state index in [1.807, 2.05) is 45.0 Å². The van der Waals surface area contributed by atoms with Gasteiger partial charge in [-0.1, -0.05) is 39.0 Å². The molecule has 10 heteroatoms. The van der Waals surface area contributed by atoms with Gasteiger partial charge < -0.3 is 10.6 Å². The van der Waals surface area contributed by atoms with Gasteiger partial charge in [0.15, 0.2) is 5.65 Å². The van der Waals surface area contributed by atoms with Crippen LogP contribution in [0.4, 0.5) is 24.8 Å². The van der Waals surface area contributed by atoms with Crippen LogP contribution in [0, 0.1) is 0 Å². The molecule has 2 aromatic carbocycles. The van der Waals surface area contributed by atoms with Gasteiger partial charge in [0, 0.05) is 18.4 Å². The number of alkyl halides is 3. The zero-order valence-corrected chi connectivity index (χ0v) is 20.3. The van der Waals surface area contributed by atoms with Crippen molar-refractivity contribution in [2.45, 2.75) is 51.9 Å². The predicted molar refractivity (Wildman–Crippen MR) is 133 cm³/mol. The minimum atomic E-state index is -4.59. The van der Waals surface area contributed by atoms with E-state index in [1.165, 1.54) is 22.0 Å². The lowest BCUT2D eigenvalue weighted by Gasteiger charge is -2.21. The molecule has 0 unspecified atom stereocenters. The summed E-state index contributed by atoms with van der Waals surface area (Å²) in [4.78, 5) is 21.8. The van der Waals surface area contributed by atoms with Crippen molar-refractivity contribution in [1.29, 1.82) is 0 Å². The first-order chi connectivity index (χ1) is 17.0. The second-order valence-electron chi connectivity index (χ2n) is 10.1. The van der Waals surface area contributed by atoms with Gasteiger partial charge in [-0.25, -0.2) is 14.3 Å². The number of fused-ring (bicyclic) bond motifs is 2. The quantitative estimate of drug-likeness (QED) is 0.423. The molecule has 0 saturated heterocycles. The first-order valence-electron chi connectivity index (χ1n) is 11.8. The fourth-order valence-corrected chi connectivity index (χ4v) is 4.45. The molecule has 0 aliphatic carbocycles. The molecular weight excluding hydrogens is 469 g/mol. The molecule has 4 aromatic rings. The molecule has 0 atom stereocenters. The lowest BCUT2D eigenvalue weighted by Crippen LogP contribution is -2.30. The molecule has 7 nitrogen and oxygen atoms in total. The molecule has 2 aromatic heterocycles. The van der Waals surface area contributed by atoms with Crippen molar-refractivity contribution in [3.05, 3.63) is 75.7 Å². The van der Waals surface area contributed by atoms with Crippen molar-refractivity contribution in [3.8, 4) is 5.69 Å². The summed E-state index contributed by atoms with van der Waals surface area (Å²) in [6.07, 6.45) is -2.41. The summed E-state index contributed by atoms with van der Waals surface area (Å²) in [6.45, 7) is 6.31. The van der Waals surface area contributed by atoms with Gasteiger partial charge >= 0.3 is 6.18 Å². The SMILES string of the molecule is CC(C)(C)c1cccc(-n2c3nc(Nc4ccc5c(c4)CCNC5)ncc3c(=O)n2CC(F)(F)F)c1. The van der Waals surface area contributed by atoms with E-state index in [0.717, 1.165) is 30.8 Å². The van der Waals surface area contributed by atoms with Crippen molar-refractivity contribution in [2.24, 2.45) is 0 Å². The zero-order valence-electron chi connectivity index (χ0n) is 20.3. The fraction of sp³-hybridized carbons (Fsp3) is 0.346. The van der Waals surface area contributed by atoms with Crippen molar-refractivity contribution in [2.75, 3.05) is 11.9 Å². The number of nitrogens with one attached hydrogen (secondary N) is 2. The van der Waals surface area contributed by atoms with Gasteiger partial charge in [0.2, 0.25) is 5.95 Å². The lowest BCUT2D eigenvalue weighted by molar-refractivity contribution is -0.144. The Hall–Kier alpha value is -3.66. The molecule has 5 rings (SSSR count). The van der Waals surface area contributed by atoms with Crippen LogP contribution in [0.5, 0.6) is 0 Å². The van der Waals surface area contributed by atoms with Crippen LogP contribution >= 0.6 is 0 Å². The van der Waals surface area contributed by atoms with E-state index in [9.17, 15) is 18.0 Å². The Labute approximate surface area is 206 Å². The standard InChI is InChI=1S/C26H27F3N6O/c1-25(2,3)18-5-4-6-20(12-18)35-22-21(23(36)34(35)15-26(27,28)29)14-31-24(33-22)32-19-8-7-17-13-30-10-9-16(17)11-19/h4-8,11-12,14,30H,9-10,13,15H2,1-3H3,(H,31,32,33). The second-order valence-corrected chi connectivity index (χ2v) is 10.1. The molecule has 0 amide bonds. The number of aromatic nitrogens is 4. The van der Waals surface area contributed by atoms with Gasteiger partial charge in [-0.2, -0.15) is 18.2 Å². The van der Waals surface area contributed by atoms with Crippen molar-refractivity contribution < 1.29 is 13.2 Å². The lowest BCUT2D eigenvalue weighted by atomic mass is 9.87. The summed E-state index contributed by atoms with van der Waals surface area (Å²) in [6, 6.07) is 13.1. The number of anilines is 2. The minimum Gasteiger partial charge on any atom is -0.324 e. The smallest absolute Gasteiger partial charge is 0.324 e. The predicted octanol–water partition coefficient (Wildman–Crippen LogP) is 4.83. The summed E-state index contributed by atoms with van der Waals surface area (Å²) in [5, 5.41) is 6.49. The average molecular weight is 497 g/mol. The molecule has 1 aliphatic rings. The largest absolute Gasteiger partial charge is 0.408 e. The Morgan fingerprint density at radius 3 is 2.64 bits per heavy atom. The number of benzene rings is 2. The highest BCUT2D eigenvalue weighted by Crippen LogP contribution is 2.27. The van der Waals surface area contributed by atoms with Crippen LogP contribution in [0.15, 0.2) is 53.5 Å². The van der Waals surface area contributed by atoms with Crippen LogP contribution in [0.1, 0.15) is 37.5 Å². The first kappa shape index (κ1) is 24.1. The highest BCUT2D eigenvalue weighted by molar-refractivity contribution is 5.77. The van der Waals surface area contributed by atoms with Crippen molar-refractivity contribution >= 4 is 22.7 Å². The van der Waals surface area contributed by atoms with Gasteiger partial charge in [0.1, 0.15) is 11.9 Å². The maximum absolute atomic E-state index is 13.5. The summed E-state index contributed by atoms with van der Waals surface area (Å²) >= 11 is 0. The van der Waals surface area contributed by atoms with E-state index >= 15 is 0 Å². The normalized spacial score (nSPS) is 14.2. The number of hydrogen-bond acceptors (Lipinski definition) is 5. The Balaban J connectivity index is 1.64. The number of hydrogen-bond donors (Lipinski definition) is 2. The van der Waals surface area contributed by atoms with E-state index in [2.05, 4.69) is 20.6 Å². The maximum atomic E-state index is 13.5. The number of halogens is 3. The fourth-order valence-electron chi connectivity index (χ4n) is 4.45. The summed E-state index contributed by atoms with van der Waals surface area (Å²) < 4.78 is 42.4. The zero-order chi connectivity index (χ0) is 25.7. The summed E-state index contributed by atoms with van der Waals surface area (Å²) in [5.41, 5.74) is 3.62. The molecular formula is C26H27F3N6O. The monoisotopic (exact) mass is 496 g/mol. The third kappa shape index (κ3) is 4.73. The third-order valence-corrected chi connectivity index (χ3v) is 6.31. The van der Waals surface area contributed by atoms with Crippen LogP contribution in [-0.2, 0) is 24.9 Å². The highest BCUT2D eigenvalue weighted by atomic mass is 19.4. The molecule has 1 aliphatic heterocycles. The minimum absolute atomic E-state index is 0.0162. The van der Waals surface area contributed by atoms with E-state index < -0.39 is 18.3 Å². The molecule has 0 bridgehead atoms. The van der Waals surface area contributed by atoms with Crippen molar-refractivity contribution in [1.82, 2.24) is 24.6 Å². The Kier molecular flexibility index (Phi) is 5.86. The molecule has 0 saturated carbocycles. The Morgan fingerprint density at radius 2 is 1.89 bits per heavy atom. The molecule has 36 heavy (non-hydrogen) atoms. The second kappa shape index (κ2) is 8.77. The van der Waals surface area contributed by atoms with Crippen LogP contribution in [0.25, 0.3) is 16.7 Å². The van der Waals surface area contributed by atoms with Gasteiger partial charge in [0.05, 0.1) is 5.69 Å². The van der Waals surface area contributed by atoms with Crippen LogP contribution in [-0.4, -0.2) is 32.1 Å².